The summed E-state index contributed by atoms with van der Waals surface area (Å²) in [7, 11) is 0. The van der Waals surface area contributed by atoms with Crippen molar-refractivity contribution in [3.05, 3.63) is 258 Å². The Bertz CT molecular complexity index is 6270. The number of ketones is 2. The quantitative estimate of drug-likeness (QED) is 0.0285. The van der Waals surface area contributed by atoms with E-state index >= 15 is 0 Å². The van der Waals surface area contributed by atoms with E-state index in [-0.39, 0.29) is 99.9 Å². The normalized spacial score (nSPS) is 12.1. The first-order valence-electron chi connectivity index (χ1n) is 38.9. The van der Waals surface area contributed by atoms with E-state index < -0.39 is 143 Å². The van der Waals surface area contributed by atoms with Crippen molar-refractivity contribution < 1.29 is 158 Å². The van der Waals surface area contributed by atoms with Gasteiger partial charge in [-0.25, -0.2) is 69.8 Å². The Hall–Kier alpha value is -14.6. The highest BCUT2D eigenvalue weighted by atomic mass is 19.4. The van der Waals surface area contributed by atoms with Crippen molar-refractivity contribution in [1.29, 1.82) is 5.26 Å². The van der Waals surface area contributed by atoms with Crippen LogP contribution >= 0.6 is 0 Å². The van der Waals surface area contributed by atoms with Crippen LogP contribution in [0.4, 0.5) is 130 Å². The van der Waals surface area contributed by atoms with Crippen LogP contribution < -0.4 is 28.3 Å². The van der Waals surface area contributed by atoms with E-state index in [1.54, 1.807) is 13.0 Å². The minimum atomic E-state index is -4.54. The Kier molecular flexibility index (Phi) is 40.5. The second-order valence-electron chi connectivity index (χ2n) is 28.0. The lowest BCUT2D eigenvalue weighted by Crippen LogP contribution is -2.24. The molecule has 0 saturated carbocycles. The molecule has 0 spiro atoms. The number of anilines is 2. The molecule has 0 aromatic carbocycles. The summed E-state index contributed by atoms with van der Waals surface area (Å²) in [6.07, 6.45) is -36.5. The predicted octanol–water partition coefficient (Wildman–Crippen LogP) is 17.6. The van der Waals surface area contributed by atoms with Crippen molar-refractivity contribution in [3.8, 4) is 6.07 Å². The Labute approximate surface area is 765 Å². The third-order valence-corrected chi connectivity index (χ3v) is 18.0. The first kappa shape index (κ1) is 115. The fourth-order valence-corrected chi connectivity index (χ4v) is 11.2. The maximum Gasteiger partial charge on any atom is 0.433 e. The van der Waals surface area contributed by atoms with Crippen LogP contribution in [-0.4, -0.2) is 135 Å². The van der Waals surface area contributed by atoms with Gasteiger partial charge in [0.2, 0.25) is 0 Å². The number of aliphatic hydroxyl groups is 1. The molecule has 13 rings (SSSR count). The lowest BCUT2D eigenvalue weighted by molar-refractivity contribution is -0.142. The number of carboxylic acid groups (broad SMARTS) is 2. The largest absolute Gasteiger partial charge is 0.481 e. The Morgan fingerprint density at radius 3 is 1.17 bits per heavy atom. The molecule has 0 atom stereocenters. The number of aliphatic hydroxyl groups excluding tert-OH is 1. The van der Waals surface area contributed by atoms with E-state index in [4.69, 9.17) is 43.5 Å². The molecule has 28 nitrogen and oxygen atoms in total. The predicted molar refractivity (Wildman–Crippen MR) is 437 cm³/mol. The zero-order valence-electron chi connectivity index (χ0n) is 71.8. The summed E-state index contributed by atoms with van der Waals surface area (Å²) in [5.41, 5.74) is 16.8. The number of aryl methyl sites for hydroxylation is 6. The lowest BCUT2D eigenvalue weighted by Gasteiger charge is -2.16. The number of rotatable bonds is 14. The van der Waals surface area contributed by atoms with Gasteiger partial charge in [0, 0.05) is 93.7 Å². The Morgan fingerprint density at radius 2 is 0.799 bits per heavy atom. The number of carboxylic acids is 2. The van der Waals surface area contributed by atoms with Crippen LogP contribution in [0.25, 0.3) is 33.1 Å². The number of aromatic nitrogens is 14. The van der Waals surface area contributed by atoms with Gasteiger partial charge >= 0.3 is 67.5 Å². The van der Waals surface area contributed by atoms with E-state index in [1.807, 2.05) is 13.0 Å². The summed E-state index contributed by atoms with van der Waals surface area (Å²) in [6.45, 7) is 8.69. The maximum atomic E-state index is 12.6. The van der Waals surface area contributed by atoms with Gasteiger partial charge in [0.15, 0.2) is 34.8 Å². The van der Waals surface area contributed by atoms with Gasteiger partial charge in [0.25, 0.3) is 0 Å². The molecule has 139 heavy (non-hydrogen) atoms. The molecule has 0 unspecified atom stereocenters. The van der Waals surface area contributed by atoms with Crippen LogP contribution in [-0.2, 0) is 110 Å². The molecule has 0 saturated heterocycles. The van der Waals surface area contributed by atoms with Crippen molar-refractivity contribution >= 4 is 74.5 Å². The van der Waals surface area contributed by atoms with E-state index in [0.717, 1.165) is 115 Å². The molecule has 1 aliphatic rings. The number of nitrogen functional groups attached to an aromatic ring is 2. The van der Waals surface area contributed by atoms with Crippen molar-refractivity contribution in [3.63, 3.8) is 0 Å². The Balaban J connectivity index is 0.000000277. The molecule has 0 amide bonds. The molecule has 13 heterocycles. The number of nitrogens with zero attached hydrogens (tertiary/aromatic N) is 15. The molecule has 1 aliphatic heterocycles. The SMILES string of the molecule is CCc1ccc(C(F)(F)F)nc1C.Cc1nc(C(F)(F)F)ccc1C(=O)CC#N.Cc1nc(C(F)(F)F)ccc1C(=O)CN.Cc1nc(C(F)(F)F)ccc1CC(=O)O.FC(F)(F)c1ccc2cc3c(nc2n1)CCNC3.NCCc1ncnc2nc(C(F)(F)F)ccc12.Nc1nc(C(F)(F)F)ccc1C=O.Nc1nc(C(F)(F)F)ccc1CO.O=C(O)CCc1ncnc2nc(C(F)(F)F)ccc12. The monoisotopic (exact) mass is 2000 g/mol. The topological polar surface area (TPSA) is 466 Å². The van der Waals surface area contributed by atoms with E-state index in [1.165, 1.54) is 51.4 Å². The third kappa shape index (κ3) is 35.5. The van der Waals surface area contributed by atoms with Gasteiger partial charge in [-0.1, -0.05) is 25.1 Å². The molecule has 12 aromatic rings. The lowest BCUT2D eigenvalue weighted by atomic mass is 10.1. The van der Waals surface area contributed by atoms with Gasteiger partial charge in [-0.15, -0.1) is 0 Å². The molecule has 0 bridgehead atoms. The highest BCUT2D eigenvalue weighted by molar-refractivity contribution is 5.99. The van der Waals surface area contributed by atoms with Gasteiger partial charge < -0.3 is 43.6 Å². The number of fused-ring (bicyclic) bond motifs is 4. The van der Waals surface area contributed by atoms with E-state index in [2.05, 4.69) is 75.1 Å². The molecule has 0 radical (unpaired) electrons. The molecule has 12 aromatic heterocycles. The van der Waals surface area contributed by atoms with Crippen LogP contribution in [0.15, 0.2) is 128 Å². The number of carbonyl (C=O) groups is 5. The van der Waals surface area contributed by atoms with Crippen molar-refractivity contribution in [2.75, 3.05) is 31.1 Å². The van der Waals surface area contributed by atoms with Gasteiger partial charge in [0.1, 0.15) is 75.5 Å². The van der Waals surface area contributed by atoms with Crippen molar-refractivity contribution in [2.24, 2.45) is 11.5 Å². The number of halogens is 27. The van der Waals surface area contributed by atoms with Gasteiger partial charge in [-0.05, 0) is 154 Å². The smallest absolute Gasteiger partial charge is 0.433 e. The van der Waals surface area contributed by atoms with Gasteiger partial charge in [-0.3, -0.25) is 24.0 Å². The van der Waals surface area contributed by atoms with E-state index in [9.17, 15) is 143 Å². The summed E-state index contributed by atoms with van der Waals surface area (Å²) in [6, 6.07) is 21.8. The number of aldehydes is 1. The number of alkyl halides is 27. The fraction of sp³-hybridized carbons (Fsp3) is 0.310. The number of aliphatic carboxylic acids is 2. The number of nitriles is 1. The van der Waals surface area contributed by atoms with Crippen molar-refractivity contribution in [2.45, 2.75) is 148 Å². The zero-order chi connectivity index (χ0) is 105. The summed E-state index contributed by atoms with van der Waals surface area (Å²) < 4.78 is 331. The summed E-state index contributed by atoms with van der Waals surface area (Å²) in [5.74, 6) is -3.76. The van der Waals surface area contributed by atoms with Crippen molar-refractivity contribution in [1.82, 2.24) is 75.1 Å². The highest BCUT2D eigenvalue weighted by Gasteiger charge is 2.40. The summed E-state index contributed by atoms with van der Waals surface area (Å²) in [4.78, 5) is 103. The van der Waals surface area contributed by atoms with Crippen LogP contribution in [0.2, 0.25) is 0 Å². The zero-order valence-corrected chi connectivity index (χ0v) is 71.8. The number of hydrogen-bond donors (Lipinski definition) is 8. The number of nitrogens with one attached hydrogen (secondary N) is 1. The minimum absolute atomic E-state index is 0.0184. The summed E-state index contributed by atoms with van der Waals surface area (Å²) in [5, 5.41) is 38.7. The first-order valence-corrected chi connectivity index (χ1v) is 38.9. The number of Topliss-reactive ketones (excluding diaryl/α,β-unsaturated/α-hetero) is 2. The van der Waals surface area contributed by atoms with E-state index in [0.29, 0.717) is 71.5 Å². The molecule has 12 N–H and O–H groups in total. The average molecular weight is 2000 g/mol. The molecule has 55 heteroatoms. The number of hydrogen-bond acceptors (Lipinski definition) is 26. The third-order valence-electron chi connectivity index (χ3n) is 18.0. The minimum Gasteiger partial charge on any atom is -0.481 e. The molecular weight excluding hydrogens is 1930 g/mol. The highest BCUT2D eigenvalue weighted by Crippen LogP contribution is 2.37. The van der Waals surface area contributed by atoms with Crippen LogP contribution in [0, 0.1) is 39.0 Å². The van der Waals surface area contributed by atoms with Gasteiger partial charge in [0.05, 0.1) is 55.4 Å². The summed E-state index contributed by atoms with van der Waals surface area (Å²) >= 11 is 0. The molecular formula is C84H73F27N20O8. The van der Waals surface area contributed by atoms with Crippen LogP contribution in [0.5, 0.6) is 0 Å². The second kappa shape index (κ2) is 48.9. The maximum absolute atomic E-state index is 12.6. The molecule has 0 fully saturated rings. The number of pyridine rings is 10. The molecule has 746 valence electrons. The van der Waals surface area contributed by atoms with Crippen LogP contribution in [0.1, 0.15) is 164 Å². The van der Waals surface area contributed by atoms with Crippen LogP contribution in [0.3, 0.4) is 0 Å². The fourth-order valence-electron chi connectivity index (χ4n) is 11.2. The standard InChI is InChI=1S/C12H10F3N3.C11H8F3N3O2.C10H9F3N4.C10H7F3N2O.C9H9F3N2O.C9H8F3NO2.C9H10F3N.C7H7F3N2O.C7H5F3N2O/c13-12(14,15)10-2-1-7-5-8-6-16-4-3-9(8)17-11(7)18-10;12-11(13,14)8-3-1-6-7(2-4-9(18)19)15-5-16-10(6)17-8;11-10(12,13)8-2-1-6-7(3-4-14)15-5-16-9(6)17-8;1-6-7(8(16)4-5-14)2-3-9(15-6)10(11,12)13;1-5-6(7(15)4-13)2-3-8(14-5)9(10,11)12;1-5-6(4-8(14)15)2-3-7(13-5)9(10,11)12;1-3-7-4-5-8(9(10,11)12)13-6(7)2;2*8-7(9,10)5-2-1-4(3-13)6(11)12-5/h1-2,5,16H,3-4,6H2;1,3,5H,2,4H2,(H,18,19);1-2,5H,3-4,14H2;2-3H,4H2,1H3;2-3H,4,13H2,1H3;2-3H,4H2,1H3,(H,14,15);4-5H,3H2,1-2H3;1-2,13H,3H2,(H2,11,12);1-3H,(H2,11,12). The first-order chi connectivity index (χ1) is 64.3. The number of nitrogens with two attached hydrogens (primary N) is 4. The second-order valence-corrected chi connectivity index (χ2v) is 28.0. The van der Waals surface area contributed by atoms with Gasteiger partial charge in [-0.2, -0.15) is 124 Å². The Morgan fingerprint density at radius 1 is 0.432 bits per heavy atom. The average Bonchev–Trinajstić information content (AvgIpc) is 0.791. The molecule has 0 aliphatic carbocycles. The number of carbonyl (C=O) groups excluding carboxylic acids is 3.